The van der Waals surface area contributed by atoms with Gasteiger partial charge in [0.15, 0.2) is 0 Å². The number of hydrogen-bond acceptors (Lipinski definition) is 5. The molecule has 0 bridgehead atoms. The lowest BCUT2D eigenvalue weighted by Crippen LogP contribution is -2.22. The van der Waals surface area contributed by atoms with Crippen molar-refractivity contribution < 1.29 is 19.1 Å². The molecule has 2 aliphatic rings. The fraction of sp³-hybridized carbons (Fsp3) is 0.409. The Morgan fingerprint density at radius 3 is 2.93 bits per heavy atom. The Bertz CT molecular complexity index is 890. The number of rotatable bonds is 6. The van der Waals surface area contributed by atoms with E-state index in [1.54, 1.807) is 6.20 Å². The molecule has 1 aliphatic carbocycles. The van der Waals surface area contributed by atoms with Crippen LogP contribution in [-0.2, 0) is 17.6 Å². The number of fused-ring (bicyclic) bond motifs is 1. The van der Waals surface area contributed by atoms with Crippen LogP contribution in [0.15, 0.2) is 30.5 Å². The lowest BCUT2D eigenvalue weighted by atomic mass is 9.79. The molecule has 0 spiro atoms. The molecule has 146 valence electrons. The summed E-state index contributed by atoms with van der Waals surface area (Å²) in [5.41, 5.74) is 9.81. The van der Waals surface area contributed by atoms with E-state index in [9.17, 15) is 9.59 Å². The van der Waals surface area contributed by atoms with Crippen LogP contribution in [0.2, 0.25) is 0 Å². The third-order valence-electron chi connectivity index (χ3n) is 5.62. The molecule has 28 heavy (non-hydrogen) atoms. The Kier molecular flexibility index (Phi) is 5.39. The summed E-state index contributed by atoms with van der Waals surface area (Å²) in [5, 5.41) is 0. The smallest absolute Gasteiger partial charge is 0.267 e. The van der Waals surface area contributed by atoms with Crippen molar-refractivity contribution in [3.63, 3.8) is 0 Å². The standard InChI is InChI=1S/C22H24N2O4/c23-22(26)21-20(10-19(11-24-21)28-13-18-2-1-7-27-18)17-6-5-15-8-14(12-25)3-4-16(15)9-17/h3-4,8,10-12,17-18H,1-2,5-7,9,13H2,(H2,23,26)/t17-,18-/m0/s1. The molecule has 2 atom stereocenters. The molecule has 1 aromatic heterocycles. The van der Waals surface area contributed by atoms with Crippen LogP contribution in [0, 0.1) is 0 Å². The predicted octanol–water partition coefficient (Wildman–Crippen LogP) is 2.82. The van der Waals surface area contributed by atoms with E-state index in [0.717, 1.165) is 50.6 Å². The number of nitrogens with two attached hydrogens (primary N) is 1. The quantitative estimate of drug-likeness (QED) is 0.778. The maximum Gasteiger partial charge on any atom is 0.267 e. The van der Waals surface area contributed by atoms with Gasteiger partial charge in [0.05, 0.1) is 12.3 Å². The normalized spacial score (nSPS) is 21.1. The highest BCUT2D eigenvalue weighted by Crippen LogP contribution is 2.35. The van der Waals surface area contributed by atoms with E-state index in [4.69, 9.17) is 15.2 Å². The Morgan fingerprint density at radius 2 is 2.18 bits per heavy atom. The number of primary amides is 1. The second-order valence-electron chi connectivity index (χ2n) is 7.50. The monoisotopic (exact) mass is 380 g/mol. The number of aldehydes is 1. The summed E-state index contributed by atoms with van der Waals surface area (Å²) in [6.45, 7) is 1.27. The van der Waals surface area contributed by atoms with Crippen LogP contribution in [0.3, 0.4) is 0 Å². The molecule has 1 aromatic carbocycles. The number of pyridine rings is 1. The Balaban J connectivity index is 1.56. The highest BCUT2D eigenvalue weighted by atomic mass is 16.5. The Morgan fingerprint density at radius 1 is 1.29 bits per heavy atom. The SMILES string of the molecule is NC(=O)c1ncc(OC[C@@H]2CCCO2)cc1[C@H]1CCc2cc(C=O)ccc2C1. The number of aryl methyl sites for hydroxylation is 1. The highest BCUT2D eigenvalue weighted by molar-refractivity contribution is 5.92. The molecule has 2 aromatic rings. The highest BCUT2D eigenvalue weighted by Gasteiger charge is 2.26. The van der Waals surface area contributed by atoms with Crippen LogP contribution in [0.1, 0.15) is 62.7 Å². The molecule has 2 heterocycles. The second-order valence-corrected chi connectivity index (χ2v) is 7.50. The van der Waals surface area contributed by atoms with Crippen LogP contribution >= 0.6 is 0 Å². The van der Waals surface area contributed by atoms with Crippen LogP contribution < -0.4 is 10.5 Å². The minimum Gasteiger partial charge on any atom is -0.489 e. The van der Waals surface area contributed by atoms with Gasteiger partial charge in [-0.15, -0.1) is 0 Å². The topological polar surface area (TPSA) is 91.5 Å². The molecule has 2 N–H and O–H groups in total. The number of benzene rings is 1. The van der Waals surface area contributed by atoms with Gasteiger partial charge in [-0.05, 0) is 66.8 Å². The molecule has 0 radical (unpaired) electrons. The first kappa shape index (κ1) is 18.6. The molecule has 6 nitrogen and oxygen atoms in total. The number of nitrogens with zero attached hydrogens (tertiary/aromatic N) is 1. The van der Waals surface area contributed by atoms with Crippen LogP contribution in [0.5, 0.6) is 5.75 Å². The Labute approximate surface area is 164 Å². The molecular weight excluding hydrogens is 356 g/mol. The average Bonchev–Trinajstić information content (AvgIpc) is 3.25. The maximum absolute atomic E-state index is 11.9. The summed E-state index contributed by atoms with van der Waals surface area (Å²) in [6.07, 6.45) is 7.11. The van der Waals surface area contributed by atoms with E-state index in [2.05, 4.69) is 4.98 Å². The van der Waals surface area contributed by atoms with Gasteiger partial charge in [-0.3, -0.25) is 9.59 Å². The number of ether oxygens (including phenoxy) is 2. The first-order valence-corrected chi connectivity index (χ1v) is 9.75. The van der Waals surface area contributed by atoms with Gasteiger partial charge in [0.1, 0.15) is 24.3 Å². The van der Waals surface area contributed by atoms with Crippen LogP contribution in [-0.4, -0.2) is 36.5 Å². The molecule has 6 heteroatoms. The minimum absolute atomic E-state index is 0.118. The zero-order chi connectivity index (χ0) is 19.5. The minimum atomic E-state index is -0.525. The van der Waals surface area contributed by atoms with E-state index < -0.39 is 5.91 Å². The zero-order valence-electron chi connectivity index (χ0n) is 15.7. The summed E-state index contributed by atoms with van der Waals surface area (Å²) in [6, 6.07) is 7.69. The lowest BCUT2D eigenvalue weighted by molar-refractivity contribution is 0.0677. The number of hydrogen-bond donors (Lipinski definition) is 1. The van der Waals surface area contributed by atoms with Gasteiger partial charge >= 0.3 is 0 Å². The number of carbonyl (C=O) groups is 2. The van der Waals surface area contributed by atoms with Crippen molar-refractivity contribution in [2.45, 2.75) is 44.1 Å². The van der Waals surface area contributed by atoms with Crippen molar-refractivity contribution in [3.05, 3.63) is 58.4 Å². The molecule has 4 rings (SSSR count). The fourth-order valence-corrected chi connectivity index (χ4v) is 4.14. The summed E-state index contributed by atoms with van der Waals surface area (Å²) >= 11 is 0. The van der Waals surface area contributed by atoms with E-state index in [0.29, 0.717) is 23.6 Å². The van der Waals surface area contributed by atoms with Gasteiger partial charge in [-0.25, -0.2) is 4.98 Å². The van der Waals surface area contributed by atoms with Crippen molar-refractivity contribution in [3.8, 4) is 5.75 Å². The first-order valence-electron chi connectivity index (χ1n) is 9.75. The van der Waals surface area contributed by atoms with Crippen molar-refractivity contribution in [1.82, 2.24) is 4.98 Å². The summed E-state index contributed by atoms with van der Waals surface area (Å²) < 4.78 is 11.5. The van der Waals surface area contributed by atoms with Crippen LogP contribution in [0.4, 0.5) is 0 Å². The fourth-order valence-electron chi connectivity index (χ4n) is 4.14. The van der Waals surface area contributed by atoms with E-state index in [1.807, 2.05) is 24.3 Å². The van der Waals surface area contributed by atoms with Crippen molar-refractivity contribution in [2.24, 2.45) is 5.73 Å². The van der Waals surface area contributed by atoms with E-state index >= 15 is 0 Å². The van der Waals surface area contributed by atoms with Gasteiger partial charge in [-0.2, -0.15) is 0 Å². The molecule has 1 fully saturated rings. The van der Waals surface area contributed by atoms with Gasteiger partial charge in [0.2, 0.25) is 0 Å². The van der Waals surface area contributed by atoms with Gasteiger partial charge in [-0.1, -0.05) is 12.1 Å². The first-order chi connectivity index (χ1) is 13.6. The van der Waals surface area contributed by atoms with Gasteiger partial charge in [0.25, 0.3) is 5.91 Å². The zero-order valence-corrected chi connectivity index (χ0v) is 15.7. The largest absolute Gasteiger partial charge is 0.489 e. The second kappa shape index (κ2) is 8.10. The molecule has 1 amide bonds. The number of aromatic nitrogens is 1. The number of carbonyl (C=O) groups excluding carboxylic acids is 2. The lowest BCUT2D eigenvalue weighted by Gasteiger charge is -2.26. The molecule has 1 aliphatic heterocycles. The van der Waals surface area contributed by atoms with Gasteiger partial charge in [0, 0.05) is 12.2 Å². The predicted molar refractivity (Wildman–Crippen MR) is 104 cm³/mol. The molecule has 1 saturated heterocycles. The van der Waals surface area contributed by atoms with E-state index in [-0.39, 0.29) is 12.0 Å². The third-order valence-corrected chi connectivity index (χ3v) is 5.62. The van der Waals surface area contributed by atoms with Crippen molar-refractivity contribution in [1.29, 1.82) is 0 Å². The average molecular weight is 380 g/mol. The van der Waals surface area contributed by atoms with Crippen LogP contribution in [0.25, 0.3) is 0 Å². The van der Waals surface area contributed by atoms with E-state index in [1.165, 1.54) is 11.1 Å². The molecule has 0 saturated carbocycles. The Hall–Kier alpha value is -2.73. The van der Waals surface area contributed by atoms with Crippen molar-refractivity contribution >= 4 is 12.2 Å². The summed E-state index contributed by atoms with van der Waals surface area (Å²) in [4.78, 5) is 27.2. The van der Waals surface area contributed by atoms with Crippen molar-refractivity contribution in [2.75, 3.05) is 13.2 Å². The third kappa shape index (κ3) is 3.92. The summed E-state index contributed by atoms with van der Waals surface area (Å²) in [7, 11) is 0. The van der Waals surface area contributed by atoms with Gasteiger partial charge < -0.3 is 15.2 Å². The number of amides is 1. The maximum atomic E-state index is 11.9. The molecule has 0 unspecified atom stereocenters. The molecular formula is C22H24N2O4. The summed E-state index contributed by atoms with van der Waals surface area (Å²) in [5.74, 6) is 0.247.